The number of nitrogens with zero attached hydrogens (tertiary/aromatic N) is 1. The number of pyridine rings is 1. The van der Waals surface area contributed by atoms with Gasteiger partial charge in [-0.1, -0.05) is 29.8 Å². The second-order valence-corrected chi connectivity index (χ2v) is 6.35. The van der Waals surface area contributed by atoms with E-state index in [1.54, 1.807) is 11.8 Å². The molecule has 0 saturated carbocycles. The van der Waals surface area contributed by atoms with E-state index in [1.807, 2.05) is 48.8 Å². The summed E-state index contributed by atoms with van der Waals surface area (Å²) < 4.78 is 0. The molecule has 0 fully saturated rings. The summed E-state index contributed by atoms with van der Waals surface area (Å²) >= 11 is 7.64. The summed E-state index contributed by atoms with van der Waals surface area (Å²) in [6.07, 6.45) is 3.68. The van der Waals surface area contributed by atoms with Crippen molar-refractivity contribution in [3.63, 3.8) is 0 Å². The van der Waals surface area contributed by atoms with E-state index < -0.39 is 0 Å². The SMILES string of the molecule is NC(CSc1ccc(Cl)cc1)c1cccc2cnccc12. The van der Waals surface area contributed by atoms with Crippen molar-refractivity contribution in [3.8, 4) is 0 Å². The van der Waals surface area contributed by atoms with Crippen LogP contribution < -0.4 is 5.73 Å². The Kier molecular flexibility index (Phi) is 4.44. The molecule has 2 aromatic carbocycles. The van der Waals surface area contributed by atoms with Gasteiger partial charge in [0.05, 0.1) is 0 Å². The first-order valence-corrected chi connectivity index (χ1v) is 8.07. The molecule has 0 aliphatic rings. The van der Waals surface area contributed by atoms with Crippen LogP contribution in [0, 0.1) is 0 Å². The number of hydrogen-bond acceptors (Lipinski definition) is 3. The molecule has 0 spiro atoms. The van der Waals surface area contributed by atoms with Crippen LogP contribution in [-0.4, -0.2) is 10.7 Å². The number of nitrogens with two attached hydrogens (primary N) is 1. The lowest BCUT2D eigenvalue weighted by atomic mass is 10.0. The zero-order valence-corrected chi connectivity index (χ0v) is 12.9. The van der Waals surface area contributed by atoms with Gasteiger partial charge in [-0.15, -0.1) is 11.8 Å². The lowest BCUT2D eigenvalue weighted by molar-refractivity contribution is 0.840. The number of hydrogen-bond donors (Lipinski definition) is 1. The summed E-state index contributed by atoms with van der Waals surface area (Å²) in [7, 11) is 0. The maximum absolute atomic E-state index is 6.37. The molecule has 0 aliphatic heterocycles. The standard InChI is InChI=1S/C17H15ClN2S/c18-13-4-6-14(7-5-13)21-11-17(19)16-3-1-2-12-10-20-9-8-15(12)16/h1-10,17H,11,19H2. The van der Waals surface area contributed by atoms with Crippen molar-refractivity contribution in [1.82, 2.24) is 4.98 Å². The number of benzene rings is 2. The second-order valence-electron chi connectivity index (χ2n) is 4.82. The minimum absolute atomic E-state index is 0.0169. The normalized spacial score (nSPS) is 12.5. The third kappa shape index (κ3) is 3.38. The van der Waals surface area contributed by atoms with Crippen molar-refractivity contribution < 1.29 is 0 Å². The van der Waals surface area contributed by atoms with Gasteiger partial charge in [-0.05, 0) is 41.3 Å². The van der Waals surface area contributed by atoms with E-state index in [4.69, 9.17) is 17.3 Å². The Balaban J connectivity index is 1.78. The van der Waals surface area contributed by atoms with Crippen LogP contribution in [-0.2, 0) is 0 Å². The third-order valence-corrected chi connectivity index (χ3v) is 4.74. The first-order chi connectivity index (χ1) is 10.2. The molecule has 3 aromatic rings. The Labute approximate surface area is 133 Å². The molecule has 0 aliphatic carbocycles. The van der Waals surface area contributed by atoms with Crippen LogP contribution in [0.15, 0.2) is 65.8 Å². The molecule has 0 bridgehead atoms. The first kappa shape index (κ1) is 14.4. The Morgan fingerprint density at radius 3 is 2.71 bits per heavy atom. The summed E-state index contributed by atoms with van der Waals surface area (Å²) in [5, 5.41) is 3.06. The van der Waals surface area contributed by atoms with E-state index >= 15 is 0 Å². The molecule has 2 N–H and O–H groups in total. The molecule has 3 rings (SSSR count). The minimum atomic E-state index is -0.0169. The van der Waals surface area contributed by atoms with Crippen LogP contribution in [0.3, 0.4) is 0 Å². The average molecular weight is 315 g/mol. The molecular formula is C17H15ClN2S. The van der Waals surface area contributed by atoms with Crippen LogP contribution in [0.5, 0.6) is 0 Å². The fraction of sp³-hybridized carbons (Fsp3) is 0.118. The Morgan fingerprint density at radius 2 is 1.90 bits per heavy atom. The highest BCUT2D eigenvalue weighted by molar-refractivity contribution is 7.99. The largest absolute Gasteiger partial charge is 0.323 e. The first-order valence-electron chi connectivity index (χ1n) is 6.70. The van der Waals surface area contributed by atoms with Gasteiger partial charge in [0.1, 0.15) is 0 Å². The van der Waals surface area contributed by atoms with E-state index in [0.29, 0.717) is 0 Å². The van der Waals surface area contributed by atoms with Gasteiger partial charge in [-0.2, -0.15) is 0 Å². The summed E-state index contributed by atoms with van der Waals surface area (Å²) in [5.74, 6) is 0.822. The lowest BCUT2D eigenvalue weighted by Gasteiger charge is -2.14. The van der Waals surface area contributed by atoms with Gasteiger partial charge in [0.15, 0.2) is 0 Å². The van der Waals surface area contributed by atoms with Gasteiger partial charge in [-0.25, -0.2) is 0 Å². The highest BCUT2D eigenvalue weighted by Gasteiger charge is 2.10. The Hall–Kier alpha value is -1.55. The molecule has 1 atom stereocenters. The Morgan fingerprint density at radius 1 is 1.10 bits per heavy atom. The molecule has 1 unspecified atom stereocenters. The van der Waals surface area contributed by atoms with Crippen molar-refractivity contribution in [3.05, 3.63) is 71.5 Å². The van der Waals surface area contributed by atoms with Gasteiger partial charge in [0.25, 0.3) is 0 Å². The molecule has 0 radical (unpaired) electrons. The van der Waals surface area contributed by atoms with Crippen molar-refractivity contribution in [1.29, 1.82) is 0 Å². The van der Waals surface area contributed by atoms with Gasteiger partial charge in [-0.3, -0.25) is 4.98 Å². The number of rotatable bonds is 4. The van der Waals surface area contributed by atoms with Crippen LogP contribution >= 0.6 is 23.4 Å². The van der Waals surface area contributed by atoms with Crippen molar-refractivity contribution in [2.45, 2.75) is 10.9 Å². The van der Waals surface area contributed by atoms with E-state index in [1.165, 1.54) is 10.3 Å². The molecule has 0 amide bonds. The molecular weight excluding hydrogens is 300 g/mol. The minimum Gasteiger partial charge on any atom is -0.323 e. The second kappa shape index (κ2) is 6.48. The maximum atomic E-state index is 6.37. The van der Waals surface area contributed by atoms with Gasteiger partial charge in [0.2, 0.25) is 0 Å². The van der Waals surface area contributed by atoms with Crippen molar-refractivity contribution in [2.24, 2.45) is 5.73 Å². The topological polar surface area (TPSA) is 38.9 Å². The van der Waals surface area contributed by atoms with Crippen LogP contribution in [0.25, 0.3) is 10.8 Å². The highest BCUT2D eigenvalue weighted by Crippen LogP contribution is 2.28. The molecule has 4 heteroatoms. The monoisotopic (exact) mass is 314 g/mol. The summed E-state index contributed by atoms with van der Waals surface area (Å²) in [6, 6.07) is 16.0. The third-order valence-electron chi connectivity index (χ3n) is 3.36. The molecule has 2 nitrogen and oxygen atoms in total. The van der Waals surface area contributed by atoms with Crippen LogP contribution in [0.4, 0.5) is 0 Å². The molecule has 1 heterocycles. The molecule has 21 heavy (non-hydrogen) atoms. The molecule has 106 valence electrons. The maximum Gasteiger partial charge on any atom is 0.0406 e. The van der Waals surface area contributed by atoms with E-state index in [2.05, 4.69) is 17.1 Å². The number of fused-ring (bicyclic) bond motifs is 1. The zero-order valence-electron chi connectivity index (χ0n) is 11.4. The summed E-state index contributed by atoms with van der Waals surface area (Å²) in [6.45, 7) is 0. The summed E-state index contributed by atoms with van der Waals surface area (Å²) in [5.41, 5.74) is 7.53. The summed E-state index contributed by atoms with van der Waals surface area (Å²) in [4.78, 5) is 5.33. The fourth-order valence-electron chi connectivity index (χ4n) is 2.28. The average Bonchev–Trinajstić information content (AvgIpc) is 2.53. The smallest absolute Gasteiger partial charge is 0.0406 e. The fourth-order valence-corrected chi connectivity index (χ4v) is 3.28. The predicted molar refractivity (Wildman–Crippen MR) is 90.8 cm³/mol. The number of thioether (sulfide) groups is 1. The highest BCUT2D eigenvalue weighted by atomic mass is 35.5. The Bertz CT molecular complexity index is 738. The van der Waals surface area contributed by atoms with E-state index in [9.17, 15) is 0 Å². The van der Waals surface area contributed by atoms with Crippen molar-refractivity contribution >= 4 is 34.1 Å². The van der Waals surface area contributed by atoms with Crippen LogP contribution in [0.1, 0.15) is 11.6 Å². The van der Waals surface area contributed by atoms with E-state index in [0.717, 1.165) is 21.7 Å². The quantitative estimate of drug-likeness (QED) is 0.711. The van der Waals surface area contributed by atoms with Gasteiger partial charge in [0, 0.05) is 39.5 Å². The van der Waals surface area contributed by atoms with Crippen molar-refractivity contribution in [2.75, 3.05) is 5.75 Å². The van der Waals surface area contributed by atoms with Crippen LogP contribution in [0.2, 0.25) is 5.02 Å². The van der Waals surface area contributed by atoms with E-state index in [-0.39, 0.29) is 6.04 Å². The van der Waals surface area contributed by atoms with Gasteiger partial charge >= 0.3 is 0 Å². The predicted octanol–water partition coefficient (Wildman–Crippen LogP) is 4.68. The molecule has 1 aromatic heterocycles. The lowest BCUT2D eigenvalue weighted by Crippen LogP contribution is -2.13. The van der Waals surface area contributed by atoms with Gasteiger partial charge < -0.3 is 5.73 Å². The zero-order chi connectivity index (χ0) is 14.7. The number of halogens is 1. The number of aromatic nitrogens is 1. The molecule has 0 saturated heterocycles.